The predicted molar refractivity (Wildman–Crippen MR) is 123 cm³/mol. The number of aromatic hydroxyl groups is 1. The number of hydrogen-bond donors (Lipinski definition) is 2. The van der Waals surface area contributed by atoms with Crippen molar-refractivity contribution in [3.8, 4) is 33.7 Å². The van der Waals surface area contributed by atoms with E-state index in [0.717, 1.165) is 18.0 Å². The number of phenolic OH excluding ortho intramolecular Hbond substituents is 1. The number of piperidine rings is 1. The minimum Gasteiger partial charge on any atom is -0.507 e. The zero-order chi connectivity index (χ0) is 22.5. The average Bonchev–Trinajstić information content (AvgIpc) is 3.34. The van der Waals surface area contributed by atoms with Gasteiger partial charge >= 0.3 is 6.01 Å². The van der Waals surface area contributed by atoms with Crippen LogP contribution in [0, 0.1) is 0 Å². The van der Waals surface area contributed by atoms with Crippen LogP contribution >= 0.6 is 11.3 Å². The molecule has 2 N–H and O–H groups in total. The van der Waals surface area contributed by atoms with Crippen molar-refractivity contribution >= 4 is 16.5 Å². The van der Waals surface area contributed by atoms with Crippen LogP contribution in [0.2, 0.25) is 0 Å². The zero-order valence-electron chi connectivity index (χ0n) is 18.7. The summed E-state index contributed by atoms with van der Waals surface area (Å²) >= 11 is 1.49. The Morgan fingerprint density at radius 3 is 2.59 bits per heavy atom. The highest BCUT2D eigenvalue weighted by molar-refractivity contribution is 7.18. The first-order chi connectivity index (χ1) is 15.3. The fourth-order valence-electron chi connectivity index (χ4n) is 5.09. The number of anilines is 1. The second kappa shape index (κ2) is 7.63. The fourth-order valence-corrected chi connectivity index (χ4v) is 6.00. The van der Waals surface area contributed by atoms with Gasteiger partial charge in [0.15, 0.2) is 10.8 Å². The Hall–Kier alpha value is -2.85. The summed E-state index contributed by atoms with van der Waals surface area (Å²) in [5.41, 5.74) is 1.67. The van der Waals surface area contributed by atoms with Gasteiger partial charge in [-0.05, 0) is 51.7 Å². The topological polar surface area (TPSA) is 109 Å². The standard InChI is InChI=1S/C22H27N7O2S/c1-21-7-8-22(2,28-21)11-14(10-21)29(3)20-27-26-18(32-20)15-6-5-13(9-16(15)30)17-23-12-24-19(25-17)31-4/h5-6,9,12,14,28,30H,7-8,10-11H2,1-4H3/t14-,21-,22+. The van der Waals surface area contributed by atoms with E-state index in [0.29, 0.717) is 28.0 Å². The van der Waals surface area contributed by atoms with Gasteiger partial charge in [0.2, 0.25) is 5.13 Å². The molecule has 2 fully saturated rings. The van der Waals surface area contributed by atoms with Crippen LogP contribution in [0.4, 0.5) is 5.13 Å². The van der Waals surface area contributed by atoms with Crippen LogP contribution in [-0.4, -0.2) is 61.5 Å². The first-order valence-corrected chi connectivity index (χ1v) is 11.5. The molecule has 32 heavy (non-hydrogen) atoms. The quantitative estimate of drug-likeness (QED) is 0.601. The number of nitrogens with one attached hydrogen (secondary N) is 1. The summed E-state index contributed by atoms with van der Waals surface area (Å²) in [6.45, 7) is 4.65. The van der Waals surface area contributed by atoms with Crippen LogP contribution < -0.4 is 15.0 Å². The molecular formula is C22H27N7O2S. The molecule has 168 valence electrons. The summed E-state index contributed by atoms with van der Waals surface area (Å²) < 4.78 is 5.05. The van der Waals surface area contributed by atoms with Crippen molar-refractivity contribution in [1.29, 1.82) is 0 Å². The molecule has 3 atom stereocenters. The molecule has 0 aliphatic carbocycles. The average molecular weight is 454 g/mol. The SMILES string of the molecule is COc1ncnc(-c2ccc(-c3nnc(N(C)[C@H]4C[C@]5(C)CC[C@](C)(C4)N5)s3)c(O)c2)n1. The smallest absolute Gasteiger partial charge is 0.319 e. The number of rotatable bonds is 5. The monoisotopic (exact) mass is 453 g/mol. The Morgan fingerprint density at radius 1 is 1.16 bits per heavy atom. The first kappa shape index (κ1) is 21.0. The highest BCUT2D eigenvalue weighted by Gasteiger charge is 2.49. The number of nitrogens with zero attached hydrogens (tertiary/aromatic N) is 6. The third-order valence-electron chi connectivity index (χ3n) is 6.69. The molecule has 3 aromatic rings. The normalized spacial score (nSPS) is 26.8. The molecule has 2 aliphatic rings. The summed E-state index contributed by atoms with van der Waals surface area (Å²) in [6, 6.07) is 5.92. The molecule has 0 radical (unpaired) electrons. The Balaban J connectivity index is 1.37. The van der Waals surface area contributed by atoms with E-state index >= 15 is 0 Å². The summed E-state index contributed by atoms with van der Waals surface area (Å²) in [4.78, 5) is 14.6. The molecule has 0 amide bonds. The molecule has 10 heteroatoms. The third kappa shape index (κ3) is 3.77. The molecule has 2 aliphatic heterocycles. The Labute approximate surface area is 190 Å². The molecule has 2 saturated heterocycles. The second-order valence-corrected chi connectivity index (χ2v) is 10.3. The maximum atomic E-state index is 10.7. The number of phenols is 1. The first-order valence-electron chi connectivity index (χ1n) is 10.7. The summed E-state index contributed by atoms with van der Waals surface area (Å²) in [5, 5.41) is 24.9. The molecule has 0 spiro atoms. The van der Waals surface area contributed by atoms with Crippen LogP contribution in [0.15, 0.2) is 24.5 Å². The molecule has 2 aromatic heterocycles. The van der Waals surface area contributed by atoms with Crippen LogP contribution in [0.5, 0.6) is 11.8 Å². The van der Waals surface area contributed by atoms with Crippen molar-refractivity contribution < 1.29 is 9.84 Å². The fraction of sp³-hybridized carbons (Fsp3) is 0.500. The van der Waals surface area contributed by atoms with E-state index in [1.807, 2.05) is 12.1 Å². The van der Waals surface area contributed by atoms with E-state index in [9.17, 15) is 5.11 Å². The Morgan fingerprint density at radius 2 is 1.91 bits per heavy atom. The highest BCUT2D eigenvalue weighted by Crippen LogP contribution is 2.45. The number of benzene rings is 1. The Bertz CT molecular complexity index is 1140. The van der Waals surface area contributed by atoms with Gasteiger partial charge in [-0.15, -0.1) is 10.2 Å². The lowest BCUT2D eigenvalue weighted by Gasteiger charge is -2.45. The lowest BCUT2D eigenvalue weighted by Crippen LogP contribution is -2.58. The molecule has 1 aromatic carbocycles. The zero-order valence-corrected chi connectivity index (χ0v) is 19.5. The molecule has 0 unspecified atom stereocenters. The van der Waals surface area contributed by atoms with Gasteiger partial charge in [0.05, 0.1) is 12.7 Å². The summed E-state index contributed by atoms with van der Waals surface area (Å²) in [5.74, 6) is 0.533. The molecule has 2 bridgehead atoms. The number of hydrogen-bond acceptors (Lipinski definition) is 10. The molecule has 5 rings (SSSR count). The van der Waals surface area contributed by atoms with E-state index < -0.39 is 0 Å². The van der Waals surface area contributed by atoms with Gasteiger partial charge in [0, 0.05) is 29.7 Å². The van der Waals surface area contributed by atoms with Crippen molar-refractivity contribution in [2.24, 2.45) is 0 Å². The van der Waals surface area contributed by atoms with Gasteiger partial charge in [0.25, 0.3) is 0 Å². The number of ether oxygens (including phenoxy) is 1. The molecular weight excluding hydrogens is 426 g/mol. The number of aromatic nitrogens is 5. The van der Waals surface area contributed by atoms with E-state index in [2.05, 4.69) is 56.3 Å². The minimum atomic E-state index is 0.104. The van der Waals surface area contributed by atoms with E-state index in [1.165, 1.54) is 37.6 Å². The summed E-state index contributed by atoms with van der Waals surface area (Å²) in [7, 11) is 3.60. The van der Waals surface area contributed by atoms with Crippen molar-refractivity contribution in [1.82, 2.24) is 30.5 Å². The van der Waals surface area contributed by atoms with Crippen LogP contribution in [0.25, 0.3) is 22.0 Å². The second-order valence-electron chi connectivity index (χ2n) is 9.34. The molecule has 4 heterocycles. The lowest BCUT2D eigenvalue weighted by molar-refractivity contribution is 0.208. The van der Waals surface area contributed by atoms with Gasteiger partial charge in [-0.2, -0.15) is 9.97 Å². The highest BCUT2D eigenvalue weighted by atomic mass is 32.1. The van der Waals surface area contributed by atoms with E-state index in [-0.39, 0.29) is 22.8 Å². The van der Waals surface area contributed by atoms with Gasteiger partial charge < -0.3 is 20.1 Å². The maximum Gasteiger partial charge on any atom is 0.319 e. The van der Waals surface area contributed by atoms with Crippen molar-refractivity contribution in [2.45, 2.75) is 56.7 Å². The molecule has 9 nitrogen and oxygen atoms in total. The number of methoxy groups -OCH3 is 1. The number of fused-ring (bicyclic) bond motifs is 2. The molecule has 0 saturated carbocycles. The minimum absolute atomic E-state index is 0.104. The predicted octanol–water partition coefficient (Wildman–Crippen LogP) is 3.27. The van der Waals surface area contributed by atoms with Crippen LogP contribution in [-0.2, 0) is 0 Å². The van der Waals surface area contributed by atoms with Gasteiger partial charge in [0.1, 0.15) is 12.1 Å². The maximum absolute atomic E-state index is 10.7. The van der Waals surface area contributed by atoms with Gasteiger partial charge in [-0.25, -0.2) is 4.98 Å². The van der Waals surface area contributed by atoms with Crippen molar-refractivity contribution in [2.75, 3.05) is 19.1 Å². The van der Waals surface area contributed by atoms with Crippen molar-refractivity contribution in [3.63, 3.8) is 0 Å². The van der Waals surface area contributed by atoms with Gasteiger partial charge in [-0.3, -0.25) is 0 Å². The van der Waals surface area contributed by atoms with Crippen molar-refractivity contribution in [3.05, 3.63) is 24.5 Å². The van der Waals surface area contributed by atoms with Crippen LogP contribution in [0.3, 0.4) is 0 Å². The lowest BCUT2D eigenvalue weighted by atomic mass is 9.84. The van der Waals surface area contributed by atoms with E-state index in [4.69, 9.17) is 4.74 Å². The van der Waals surface area contributed by atoms with E-state index in [1.54, 1.807) is 6.07 Å². The van der Waals surface area contributed by atoms with Crippen LogP contribution in [0.1, 0.15) is 39.5 Å². The largest absolute Gasteiger partial charge is 0.507 e. The summed E-state index contributed by atoms with van der Waals surface area (Å²) in [6.07, 6.45) is 5.98. The third-order valence-corrected chi connectivity index (χ3v) is 7.73. The van der Waals surface area contributed by atoms with Gasteiger partial charge in [-0.1, -0.05) is 17.4 Å². The Kier molecular flexibility index (Phi) is 5.01.